The maximum Gasteiger partial charge on any atom is 0.270 e. The summed E-state index contributed by atoms with van der Waals surface area (Å²) in [5.74, 6) is -1.47. The normalized spacial score (nSPS) is 20.0. The maximum absolute atomic E-state index is 15.6. The highest BCUT2D eigenvalue weighted by molar-refractivity contribution is 6.01. The summed E-state index contributed by atoms with van der Waals surface area (Å²) in [7, 11) is 0. The number of nitrogens with one attached hydrogen (secondary N) is 3. The Kier molecular flexibility index (Phi) is 11.9. The van der Waals surface area contributed by atoms with Gasteiger partial charge in [-0.1, -0.05) is 76.7 Å². The van der Waals surface area contributed by atoms with Gasteiger partial charge in [0, 0.05) is 12.7 Å². The predicted molar refractivity (Wildman–Crippen MR) is 176 cm³/mol. The summed E-state index contributed by atoms with van der Waals surface area (Å²) < 4.78 is 17.2. The molecule has 5 rings (SSSR count). The number of nitrogens with zero attached hydrogens (tertiary/aromatic N) is 2. The minimum absolute atomic E-state index is 0.0212. The van der Waals surface area contributed by atoms with Crippen molar-refractivity contribution >= 4 is 23.4 Å². The molecule has 2 unspecified atom stereocenters. The van der Waals surface area contributed by atoms with Gasteiger partial charge < -0.3 is 21.1 Å². The molecule has 10 heteroatoms. The van der Waals surface area contributed by atoms with Crippen LogP contribution in [0.1, 0.15) is 119 Å². The van der Waals surface area contributed by atoms with Gasteiger partial charge in [-0.3, -0.25) is 19.1 Å². The van der Waals surface area contributed by atoms with E-state index in [0.717, 1.165) is 70.6 Å². The lowest BCUT2D eigenvalue weighted by Gasteiger charge is -2.42. The molecule has 0 aliphatic heterocycles. The van der Waals surface area contributed by atoms with Gasteiger partial charge >= 0.3 is 0 Å². The molecule has 0 spiro atoms. The molecule has 3 saturated carbocycles. The van der Waals surface area contributed by atoms with Crippen LogP contribution in [0.2, 0.25) is 0 Å². The van der Waals surface area contributed by atoms with Crippen molar-refractivity contribution in [3.8, 4) is 0 Å². The molecule has 2 aromatic rings. The van der Waals surface area contributed by atoms with Crippen molar-refractivity contribution in [2.45, 2.75) is 122 Å². The number of aromatic nitrogens is 2. The first-order valence-electron chi connectivity index (χ1n) is 17.6. The number of halogens is 1. The third-order valence-corrected chi connectivity index (χ3v) is 11.0. The Bertz CT molecular complexity index is 1310. The third-order valence-electron chi connectivity index (χ3n) is 11.0. The van der Waals surface area contributed by atoms with Crippen molar-refractivity contribution in [2.24, 2.45) is 23.7 Å². The largest absolute Gasteiger partial charge is 0.394 e. The first-order valence-corrected chi connectivity index (χ1v) is 17.6. The van der Waals surface area contributed by atoms with Crippen molar-refractivity contribution in [3.63, 3.8) is 0 Å². The van der Waals surface area contributed by atoms with E-state index in [0.29, 0.717) is 29.6 Å². The Labute approximate surface area is 272 Å². The van der Waals surface area contributed by atoms with Gasteiger partial charge in [-0.15, -0.1) is 0 Å². The second-order valence-corrected chi connectivity index (χ2v) is 13.8. The van der Waals surface area contributed by atoms with Crippen molar-refractivity contribution < 1.29 is 23.9 Å². The fraction of sp³-hybridized carbons (Fsp3) is 0.667. The van der Waals surface area contributed by atoms with Crippen molar-refractivity contribution in [2.75, 3.05) is 11.9 Å². The number of rotatable bonds is 13. The highest BCUT2D eigenvalue weighted by Crippen LogP contribution is 2.42. The summed E-state index contributed by atoms with van der Waals surface area (Å²) in [6.07, 6.45) is 15.5. The number of hydrogen-bond donors (Lipinski definition) is 4. The molecule has 46 heavy (non-hydrogen) atoms. The summed E-state index contributed by atoms with van der Waals surface area (Å²) >= 11 is 0. The standard InChI is InChI=1S/C36H52FN5O4/c1-3-42-31(19-20-38-42)35(45)41-33(32(25-11-6-4-7-12-25)26-13-8-5-9-14-26)36(46)39-29-18-17-27(21-28(29)37)23(2)34(44)40-30(22-43)24-15-10-16-24/h17-21,23-26,30,32-33,43H,3-16,22H2,1-2H3,(H,39,46)(H,40,44)(H,41,45)/t23?,30-,33?/m1/s1. The molecule has 252 valence electrons. The number of hydrogen-bond acceptors (Lipinski definition) is 5. The Hall–Kier alpha value is -3.27. The van der Waals surface area contributed by atoms with Crippen LogP contribution in [0.5, 0.6) is 0 Å². The molecule has 0 radical (unpaired) electrons. The Morgan fingerprint density at radius 3 is 2.07 bits per heavy atom. The third kappa shape index (κ3) is 7.99. The van der Waals surface area contributed by atoms with E-state index in [4.69, 9.17) is 0 Å². The van der Waals surface area contributed by atoms with Gasteiger partial charge in [0.15, 0.2) is 0 Å². The van der Waals surface area contributed by atoms with Crippen LogP contribution in [0, 0.1) is 29.5 Å². The number of aryl methyl sites for hydroxylation is 1. The van der Waals surface area contributed by atoms with Crippen molar-refractivity contribution in [1.82, 2.24) is 20.4 Å². The minimum atomic E-state index is -0.829. The number of carbonyl (C=O) groups is 3. The number of aliphatic hydroxyl groups excluding tert-OH is 1. The van der Waals surface area contributed by atoms with E-state index in [1.165, 1.54) is 25.0 Å². The molecular weight excluding hydrogens is 585 g/mol. The van der Waals surface area contributed by atoms with Gasteiger partial charge in [0.1, 0.15) is 17.6 Å². The zero-order valence-electron chi connectivity index (χ0n) is 27.5. The highest BCUT2D eigenvalue weighted by Gasteiger charge is 2.41. The smallest absolute Gasteiger partial charge is 0.270 e. The van der Waals surface area contributed by atoms with E-state index in [-0.39, 0.29) is 42.0 Å². The quantitative estimate of drug-likeness (QED) is 0.217. The van der Waals surface area contributed by atoms with E-state index >= 15 is 4.39 Å². The first-order chi connectivity index (χ1) is 22.3. The highest BCUT2D eigenvalue weighted by atomic mass is 19.1. The lowest BCUT2D eigenvalue weighted by Crippen LogP contribution is -2.53. The summed E-state index contributed by atoms with van der Waals surface area (Å²) in [6.45, 7) is 4.03. The zero-order chi connectivity index (χ0) is 32.6. The van der Waals surface area contributed by atoms with Crippen molar-refractivity contribution in [1.29, 1.82) is 0 Å². The van der Waals surface area contributed by atoms with Crippen LogP contribution < -0.4 is 16.0 Å². The van der Waals surface area contributed by atoms with Crippen LogP contribution in [-0.2, 0) is 16.1 Å². The molecule has 4 N–H and O–H groups in total. The fourth-order valence-corrected chi connectivity index (χ4v) is 8.02. The second-order valence-electron chi connectivity index (χ2n) is 13.8. The number of amides is 3. The van der Waals surface area contributed by atoms with E-state index in [1.807, 2.05) is 6.92 Å². The Balaban J connectivity index is 1.37. The molecule has 1 heterocycles. The fourth-order valence-electron chi connectivity index (χ4n) is 8.02. The minimum Gasteiger partial charge on any atom is -0.394 e. The molecule has 3 aliphatic carbocycles. The average molecular weight is 638 g/mol. The van der Waals surface area contributed by atoms with E-state index in [2.05, 4.69) is 21.0 Å². The molecule has 0 saturated heterocycles. The van der Waals surface area contributed by atoms with Crippen LogP contribution in [0.3, 0.4) is 0 Å². The van der Waals surface area contributed by atoms with Gasteiger partial charge in [-0.05, 0) is 74.1 Å². The number of benzene rings is 1. The Morgan fingerprint density at radius 2 is 1.52 bits per heavy atom. The van der Waals surface area contributed by atoms with Crippen LogP contribution in [0.25, 0.3) is 0 Å². The SMILES string of the molecule is CCn1nccc1C(=O)NC(C(=O)Nc1ccc(C(C)C(=O)N[C@H](CO)C2CCC2)cc1F)C(C1CCCCC1)C1CCCCC1. The summed E-state index contributed by atoms with van der Waals surface area (Å²) in [5.41, 5.74) is 0.904. The number of aliphatic hydroxyl groups is 1. The topological polar surface area (TPSA) is 125 Å². The molecule has 3 atom stereocenters. The predicted octanol–water partition coefficient (Wildman–Crippen LogP) is 5.94. The second kappa shape index (κ2) is 16.0. The van der Waals surface area contributed by atoms with Crippen LogP contribution in [0.15, 0.2) is 30.5 Å². The van der Waals surface area contributed by atoms with E-state index in [1.54, 1.807) is 29.9 Å². The molecule has 3 amide bonds. The molecule has 0 bridgehead atoms. The van der Waals surface area contributed by atoms with E-state index in [9.17, 15) is 19.5 Å². The van der Waals surface area contributed by atoms with E-state index < -0.39 is 23.7 Å². The summed E-state index contributed by atoms with van der Waals surface area (Å²) in [4.78, 5) is 40.9. The maximum atomic E-state index is 15.6. The summed E-state index contributed by atoms with van der Waals surface area (Å²) in [5, 5.41) is 22.9. The molecule has 3 aliphatic rings. The van der Waals surface area contributed by atoms with Crippen LogP contribution in [0.4, 0.5) is 10.1 Å². The lowest BCUT2D eigenvalue weighted by molar-refractivity contribution is -0.124. The summed E-state index contributed by atoms with van der Waals surface area (Å²) in [6, 6.07) is 5.00. The zero-order valence-corrected chi connectivity index (χ0v) is 27.5. The molecule has 1 aromatic heterocycles. The molecule has 3 fully saturated rings. The lowest BCUT2D eigenvalue weighted by atomic mass is 9.66. The molecule has 1 aromatic carbocycles. The van der Waals surface area contributed by atoms with Crippen LogP contribution in [-0.4, -0.2) is 51.3 Å². The van der Waals surface area contributed by atoms with Gasteiger partial charge in [0.2, 0.25) is 11.8 Å². The monoisotopic (exact) mass is 637 g/mol. The van der Waals surface area contributed by atoms with Gasteiger partial charge in [-0.2, -0.15) is 5.10 Å². The van der Waals surface area contributed by atoms with Crippen LogP contribution >= 0.6 is 0 Å². The molecular formula is C36H52FN5O4. The number of carbonyl (C=O) groups excluding carboxylic acids is 3. The van der Waals surface area contributed by atoms with Gasteiger partial charge in [-0.25, -0.2) is 4.39 Å². The molecule has 9 nitrogen and oxygen atoms in total. The van der Waals surface area contributed by atoms with Gasteiger partial charge in [0.05, 0.1) is 24.3 Å². The van der Waals surface area contributed by atoms with Crippen molar-refractivity contribution in [3.05, 3.63) is 47.5 Å². The first kappa shape index (κ1) is 34.1. The number of anilines is 1. The van der Waals surface area contributed by atoms with Gasteiger partial charge in [0.25, 0.3) is 5.91 Å². The Morgan fingerprint density at radius 1 is 0.891 bits per heavy atom. The average Bonchev–Trinajstić information content (AvgIpc) is 3.54.